The van der Waals surface area contributed by atoms with Gasteiger partial charge in [0, 0.05) is 5.56 Å². The van der Waals surface area contributed by atoms with Gasteiger partial charge in [0.15, 0.2) is 11.5 Å². The van der Waals surface area contributed by atoms with Crippen LogP contribution in [0.25, 0.3) is 0 Å². The lowest BCUT2D eigenvalue weighted by Crippen LogP contribution is -2.04. The summed E-state index contributed by atoms with van der Waals surface area (Å²) in [7, 11) is 0. The molecule has 3 nitrogen and oxygen atoms in total. The summed E-state index contributed by atoms with van der Waals surface area (Å²) in [5, 5.41) is 0. The molecule has 0 radical (unpaired) electrons. The summed E-state index contributed by atoms with van der Waals surface area (Å²) in [6.07, 6.45) is 0. The third-order valence-electron chi connectivity index (χ3n) is 1.76. The minimum atomic E-state index is -0.209. The van der Waals surface area contributed by atoms with Gasteiger partial charge in [-0.25, -0.2) is 0 Å². The molecule has 0 unspecified atom stereocenters. The first-order valence-electron chi connectivity index (χ1n) is 4.43. The normalized spacial score (nSPS) is 9.57. The second-order valence-corrected chi connectivity index (χ2v) is 2.84. The molecule has 0 spiro atoms. The summed E-state index contributed by atoms with van der Waals surface area (Å²) in [4.78, 5) is 22.4. The second-order valence-electron chi connectivity index (χ2n) is 2.84. The van der Waals surface area contributed by atoms with E-state index in [1.54, 1.807) is 19.1 Å². The maximum absolute atomic E-state index is 11.3. The van der Waals surface area contributed by atoms with Crippen molar-refractivity contribution < 1.29 is 9.53 Å². The first kappa shape index (κ1) is 10.4. The number of Topliss-reactive ketones (excluding diaryl/α,β-unsaturated/α-hetero) is 1. The van der Waals surface area contributed by atoms with Crippen LogP contribution in [0.5, 0.6) is 5.75 Å². The highest BCUT2D eigenvalue weighted by Crippen LogP contribution is 2.06. The van der Waals surface area contributed by atoms with Crippen LogP contribution in [0.1, 0.15) is 24.2 Å². The van der Waals surface area contributed by atoms with Gasteiger partial charge in [-0.3, -0.25) is 9.59 Å². The number of ether oxygens (including phenoxy) is 1. The minimum absolute atomic E-state index is 0.0819. The van der Waals surface area contributed by atoms with Crippen molar-refractivity contribution in [1.82, 2.24) is 0 Å². The summed E-state index contributed by atoms with van der Waals surface area (Å²) in [5.41, 5.74) is 0.273. The molecular formula is C11H12O3. The maximum Gasteiger partial charge on any atom is 0.220 e. The second kappa shape index (κ2) is 4.56. The van der Waals surface area contributed by atoms with E-state index < -0.39 is 0 Å². The number of carbonyl (C=O) groups excluding carboxylic acids is 1. The van der Waals surface area contributed by atoms with Crippen LogP contribution in [-0.2, 0) is 0 Å². The molecular weight excluding hydrogens is 180 g/mol. The van der Waals surface area contributed by atoms with Crippen molar-refractivity contribution in [3.8, 4) is 5.75 Å². The molecule has 14 heavy (non-hydrogen) atoms. The number of rotatable bonds is 3. The average Bonchev–Trinajstić information content (AvgIpc) is 2.30. The van der Waals surface area contributed by atoms with Gasteiger partial charge >= 0.3 is 0 Å². The Morgan fingerprint density at radius 1 is 1.43 bits per heavy atom. The first-order valence-corrected chi connectivity index (χ1v) is 4.43. The van der Waals surface area contributed by atoms with Crippen molar-refractivity contribution in [3.05, 3.63) is 40.1 Å². The van der Waals surface area contributed by atoms with Crippen molar-refractivity contribution >= 4 is 5.78 Å². The Morgan fingerprint density at radius 3 is 2.71 bits per heavy atom. The number of hydrogen-bond donors (Lipinski definition) is 0. The summed E-state index contributed by atoms with van der Waals surface area (Å²) in [6.45, 7) is 3.66. The van der Waals surface area contributed by atoms with E-state index in [0.717, 1.165) is 0 Å². The van der Waals surface area contributed by atoms with Gasteiger partial charge in [-0.05, 0) is 26.0 Å². The molecule has 0 aliphatic heterocycles. The predicted molar refractivity (Wildman–Crippen MR) is 53.9 cm³/mol. The Labute approximate surface area is 82.3 Å². The van der Waals surface area contributed by atoms with Gasteiger partial charge in [-0.2, -0.15) is 0 Å². The summed E-state index contributed by atoms with van der Waals surface area (Å²) < 4.78 is 5.12. The van der Waals surface area contributed by atoms with Gasteiger partial charge in [0.1, 0.15) is 0 Å². The Kier molecular flexibility index (Phi) is 3.40. The van der Waals surface area contributed by atoms with E-state index in [-0.39, 0.29) is 17.0 Å². The molecule has 0 heterocycles. The van der Waals surface area contributed by atoms with Crippen LogP contribution >= 0.6 is 0 Å². The maximum atomic E-state index is 11.3. The monoisotopic (exact) mass is 192 g/mol. The Hall–Kier alpha value is -1.64. The summed E-state index contributed by atoms with van der Waals surface area (Å²) >= 11 is 0. The van der Waals surface area contributed by atoms with Crippen LogP contribution in [0.2, 0.25) is 0 Å². The van der Waals surface area contributed by atoms with Crippen molar-refractivity contribution in [1.29, 1.82) is 0 Å². The van der Waals surface area contributed by atoms with Gasteiger partial charge in [-0.15, -0.1) is 0 Å². The van der Waals surface area contributed by atoms with Crippen molar-refractivity contribution in [2.24, 2.45) is 0 Å². The Bertz CT molecular complexity index is 396. The standard InChI is InChI=1S/C11H12O3/c1-3-14-11-7-9(8(2)12)5-4-6-10(11)13/h4-7H,3H2,1-2H3. The average molecular weight is 192 g/mol. The lowest BCUT2D eigenvalue weighted by molar-refractivity contribution is 0.101. The fourth-order valence-electron chi connectivity index (χ4n) is 1.07. The predicted octanol–water partition coefficient (Wildman–Crippen LogP) is 1.65. The van der Waals surface area contributed by atoms with E-state index in [1.165, 1.54) is 19.1 Å². The van der Waals surface area contributed by atoms with Crippen LogP contribution in [-0.4, -0.2) is 12.4 Å². The zero-order valence-corrected chi connectivity index (χ0v) is 8.24. The summed E-state index contributed by atoms with van der Waals surface area (Å²) in [6, 6.07) is 6.03. The van der Waals surface area contributed by atoms with Crippen LogP contribution < -0.4 is 10.2 Å². The van der Waals surface area contributed by atoms with Crippen molar-refractivity contribution in [3.63, 3.8) is 0 Å². The molecule has 0 atom stereocenters. The van der Waals surface area contributed by atoms with Gasteiger partial charge in [0.25, 0.3) is 0 Å². The zero-order chi connectivity index (χ0) is 10.6. The highest BCUT2D eigenvalue weighted by Gasteiger charge is 2.02. The van der Waals surface area contributed by atoms with E-state index in [4.69, 9.17) is 4.74 Å². The molecule has 1 aromatic carbocycles. The van der Waals surface area contributed by atoms with E-state index in [0.29, 0.717) is 12.2 Å². The molecule has 0 aliphatic carbocycles. The van der Waals surface area contributed by atoms with Crippen molar-refractivity contribution in [2.45, 2.75) is 13.8 Å². The SMILES string of the molecule is CCOc1cc(C(C)=O)cccc1=O. The third kappa shape index (κ3) is 2.42. The quantitative estimate of drug-likeness (QED) is 0.684. The largest absolute Gasteiger partial charge is 0.490 e. The molecule has 0 saturated carbocycles. The molecule has 74 valence electrons. The topological polar surface area (TPSA) is 43.4 Å². The molecule has 0 aliphatic rings. The first-order chi connectivity index (χ1) is 6.65. The van der Waals surface area contributed by atoms with Crippen LogP contribution in [0.15, 0.2) is 29.1 Å². The number of hydrogen-bond acceptors (Lipinski definition) is 3. The highest BCUT2D eigenvalue weighted by atomic mass is 16.5. The molecule has 0 amide bonds. The lowest BCUT2D eigenvalue weighted by atomic mass is 10.2. The van der Waals surface area contributed by atoms with Gasteiger partial charge in [0.2, 0.25) is 5.43 Å². The molecule has 1 rings (SSSR count). The number of ketones is 1. The lowest BCUT2D eigenvalue weighted by Gasteiger charge is -1.98. The van der Waals surface area contributed by atoms with Crippen molar-refractivity contribution in [2.75, 3.05) is 6.61 Å². The van der Waals surface area contributed by atoms with E-state index in [9.17, 15) is 9.59 Å². The van der Waals surface area contributed by atoms with E-state index in [1.807, 2.05) is 0 Å². The Morgan fingerprint density at radius 2 is 2.14 bits per heavy atom. The zero-order valence-electron chi connectivity index (χ0n) is 8.24. The molecule has 0 saturated heterocycles. The smallest absolute Gasteiger partial charge is 0.220 e. The van der Waals surface area contributed by atoms with Crippen LogP contribution in [0.4, 0.5) is 0 Å². The minimum Gasteiger partial charge on any atom is -0.490 e. The highest BCUT2D eigenvalue weighted by molar-refractivity contribution is 5.94. The molecule has 1 aromatic rings. The van der Waals surface area contributed by atoms with Gasteiger partial charge in [-0.1, -0.05) is 12.1 Å². The van der Waals surface area contributed by atoms with E-state index >= 15 is 0 Å². The third-order valence-corrected chi connectivity index (χ3v) is 1.76. The molecule has 0 bridgehead atoms. The van der Waals surface area contributed by atoms with Gasteiger partial charge < -0.3 is 4.74 Å². The van der Waals surface area contributed by atoms with Gasteiger partial charge in [0.05, 0.1) is 6.61 Å². The fourth-order valence-corrected chi connectivity index (χ4v) is 1.07. The van der Waals surface area contributed by atoms with E-state index in [2.05, 4.69) is 0 Å². The number of carbonyl (C=O) groups is 1. The van der Waals surface area contributed by atoms with Crippen LogP contribution in [0.3, 0.4) is 0 Å². The molecule has 0 fully saturated rings. The molecule has 0 N–H and O–H groups in total. The molecule has 3 heteroatoms. The fraction of sp³-hybridized carbons (Fsp3) is 0.273. The van der Waals surface area contributed by atoms with Crippen LogP contribution in [0, 0.1) is 0 Å². The Balaban J connectivity index is 3.28. The summed E-state index contributed by atoms with van der Waals surface area (Å²) in [5.74, 6) is 0.143. The molecule has 0 aromatic heterocycles.